The first-order valence-corrected chi connectivity index (χ1v) is 6.04. The number of nitrogens with zero attached hydrogens (tertiary/aromatic N) is 2. The molecule has 0 spiro atoms. The normalized spacial score (nSPS) is 9.50. The van der Waals surface area contributed by atoms with E-state index in [0.29, 0.717) is 11.4 Å². The second-order valence-corrected chi connectivity index (χ2v) is 4.31. The molecule has 4 nitrogen and oxygen atoms in total. The summed E-state index contributed by atoms with van der Waals surface area (Å²) in [6, 6.07) is 11.5. The number of hydrogen-bond acceptors (Lipinski definition) is 4. The second kappa shape index (κ2) is 5.89. The van der Waals surface area contributed by atoms with Gasteiger partial charge in [-0.05, 0) is 42.2 Å². The predicted octanol–water partition coefficient (Wildman–Crippen LogP) is 3.91. The summed E-state index contributed by atoms with van der Waals surface area (Å²) in [5.41, 5.74) is 4.42. The third-order valence-electron chi connectivity index (χ3n) is 3.25. The van der Waals surface area contributed by atoms with Crippen LogP contribution in [0.4, 0.5) is 11.4 Å². The predicted molar refractivity (Wildman–Crippen MR) is 76.9 cm³/mol. The van der Waals surface area contributed by atoms with Crippen molar-refractivity contribution < 1.29 is 9.59 Å². The van der Waals surface area contributed by atoms with Gasteiger partial charge >= 0.3 is 0 Å². The Morgan fingerprint density at radius 1 is 0.900 bits per heavy atom. The third-order valence-corrected chi connectivity index (χ3v) is 3.25. The summed E-state index contributed by atoms with van der Waals surface area (Å²) in [7, 11) is 0. The van der Waals surface area contributed by atoms with Gasteiger partial charge in [0.2, 0.25) is 12.2 Å². The maximum absolute atomic E-state index is 10.5. The molecular formula is C16H12N2O2. The minimum absolute atomic E-state index is 0.324. The summed E-state index contributed by atoms with van der Waals surface area (Å²) in [4.78, 5) is 28.3. The molecular weight excluding hydrogens is 252 g/mol. The average Bonchev–Trinajstić information content (AvgIpc) is 2.48. The molecule has 0 saturated carbocycles. The van der Waals surface area contributed by atoms with Crippen LogP contribution in [0.1, 0.15) is 11.1 Å². The van der Waals surface area contributed by atoms with Crippen molar-refractivity contribution in [2.45, 2.75) is 13.8 Å². The molecule has 0 heterocycles. The average molecular weight is 264 g/mol. The zero-order valence-electron chi connectivity index (χ0n) is 11.2. The number of isocyanates is 2. The molecule has 0 atom stereocenters. The third kappa shape index (κ3) is 2.47. The van der Waals surface area contributed by atoms with E-state index >= 15 is 0 Å². The zero-order chi connectivity index (χ0) is 14.5. The highest BCUT2D eigenvalue weighted by Gasteiger charge is 2.13. The fourth-order valence-electron chi connectivity index (χ4n) is 2.12. The van der Waals surface area contributed by atoms with E-state index in [2.05, 4.69) is 9.98 Å². The van der Waals surface area contributed by atoms with Crippen LogP contribution in [-0.2, 0) is 9.59 Å². The number of hydrogen-bond donors (Lipinski definition) is 0. The van der Waals surface area contributed by atoms with Crippen LogP contribution in [0, 0.1) is 13.8 Å². The molecule has 0 bridgehead atoms. The molecule has 2 aromatic rings. The van der Waals surface area contributed by atoms with Crippen LogP contribution >= 0.6 is 0 Å². The highest BCUT2D eigenvalue weighted by molar-refractivity contribution is 5.82. The molecule has 20 heavy (non-hydrogen) atoms. The lowest BCUT2D eigenvalue weighted by Crippen LogP contribution is -1.89. The monoisotopic (exact) mass is 264 g/mol. The van der Waals surface area contributed by atoms with Gasteiger partial charge in [-0.25, -0.2) is 9.59 Å². The summed E-state index contributed by atoms with van der Waals surface area (Å²) in [6.07, 6.45) is 2.99. The molecule has 2 aromatic carbocycles. The zero-order valence-corrected chi connectivity index (χ0v) is 11.2. The molecule has 0 N–H and O–H groups in total. The standard InChI is InChI=1S/C16H12N2O2/c1-11-12(2)16(18-10-20)15(17-9-19)8-14(11)13-6-4-3-5-7-13/h3-8H,1-2H3. The van der Waals surface area contributed by atoms with E-state index in [1.165, 1.54) is 12.2 Å². The number of rotatable bonds is 3. The van der Waals surface area contributed by atoms with Crippen LogP contribution in [0.15, 0.2) is 46.4 Å². The van der Waals surface area contributed by atoms with Crippen molar-refractivity contribution in [2.24, 2.45) is 9.98 Å². The molecule has 0 aromatic heterocycles. The van der Waals surface area contributed by atoms with Gasteiger partial charge in [-0.3, -0.25) is 0 Å². The lowest BCUT2D eigenvalue weighted by Gasteiger charge is -2.12. The van der Waals surface area contributed by atoms with Gasteiger partial charge in [0.25, 0.3) is 0 Å². The van der Waals surface area contributed by atoms with Crippen LogP contribution in [-0.4, -0.2) is 12.2 Å². The van der Waals surface area contributed by atoms with E-state index in [9.17, 15) is 9.59 Å². The Hall–Kier alpha value is -2.80. The minimum atomic E-state index is 0.324. The van der Waals surface area contributed by atoms with Crippen LogP contribution < -0.4 is 0 Å². The van der Waals surface area contributed by atoms with Crippen molar-refractivity contribution in [1.29, 1.82) is 0 Å². The Morgan fingerprint density at radius 3 is 2.15 bits per heavy atom. The van der Waals surface area contributed by atoms with Gasteiger partial charge in [-0.1, -0.05) is 30.3 Å². The van der Waals surface area contributed by atoms with Crippen LogP contribution in [0.5, 0.6) is 0 Å². The van der Waals surface area contributed by atoms with E-state index in [1.807, 2.05) is 44.2 Å². The SMILES string of the molecule is Cc1c(-c2ccccc2)cc(N=C=O)c(N=C=O)c1C. The van der Waals surface area contributed by atoms with Gasteiger partial charge in [0.1, 0.15) is 11.4 Å². The van der Waals surface area contributed by atoms with Crippen LogP contribution in [0.3, 0.4) is 0 Å². The molecule has 0 aliphatic heterocycles. The first kappa shape index (κ1) is 13.6. The largest absolute Gasteiger partial charge is 0.240 e. The first-order valence-electron chi connectivity index (χ1n) is 6.04. The molecule has 0 radical (unpaired) electrons. The summed E-state index contributed by atoms with van der Waals surface area (Å²) in [5.74, 6) is 0. The van der Waals surface area contributed by atoms with E-state index < -0.39 is 0 Å². The first-order chi connectivity index (χ1) is 9.69. The Morgan fingerprint density at radius 2 is 1.55 bits per heavy atom. The lowest BCUT2D eigenvalue weighted by molar-refractivity contribution is 0.564. The van der Waals surface area contributed by atoms with Gasteiger partial charge in [0.05, 0.1) is 0 Å². The molecule has 0 unspecified atom stereocenters. The fourth-order valence-corrected chi connectivity index (χ4v) is 2.12. The molecule has 0 aliphatic carbocycles. The second-order valence-electron chi connectivity index (χ2n) is 4.31. The van der Waals surface area contributed by atoms with Gasteiger partial charge in [-0.15, -0.1) is 0 Å². The quantitative estimate of drug-likeness (QED) is 0.623. The molecule has 0 aliphatic rings. The molecule has 0 amide bonds. The van der Waals surface area contributed by atoms with E-state index in [0.717, 1.165) is 22.3 Å². The molecule has 0 fully saturated rings. The van der Waals surface area contributed by atoms with E-state index in [1.54, 1.807) is 6.07 Å². The van der Waals surface area contributed by atoms with Crippen molar-refractivity contribution >= 4 is 23.5 Å². The lowest BCUT2D eigenvalue weighted by atomic mass is 9.95. The topological polar surface area (TPSA) is 58.9 Å². The Kier molecular flexibility index (Phi) is 4.02. The van der Waals surface area contributed by atoms with Crippen LogP contribution in [0.25, 0.3) is 11.1 Å². The maximum atomic E-state index is 10.5. The summed E-state index contributed by atoms with van der Waals surface area (Å²) < 4.78 is 0. The maximum Gasteiger partial charge on any atom is 0.240 e. The summed E-state index contributed by atoms with van der Waals surface area (Å²) in [6.45, 7) is 3.78. The number of aliphatic imine (C=N–C) groups is 2. The molecule has 98 valence electrons. The smallest absolute Gasteiger partial charge is 0.211 e. The molecule has 2 rings (SSSR count). The Labute approximate surface area is 116 Å². The highest BCUT2D eigenvalue weighted by atomic mass is 16.1. The minimum Gasteiger partial charge on any atom is -0.211 e. The fraction of sp³-hybridized carbons (Fsp3) is 0.125. The Bertz CT molecular complexity index is 739. The number of benzene rings is 2. The van der Waals surface area contributed by atoms with E-state index in [-0.39, 0.29) is 0 Å². The van der Waals surface area contributed by atoms with Crippen molar-refractivity contribution in [3.63, 3.8) is 0 Å². The number of carbonyl (C=O) groups excluding carboxylic acids is 2. The van der Waals surface area contributed by atoms with Gasteiger partial charge in [0.15, 0.2) is 0 Å². The highest BCUT2D eigenvalue weighted by Crippen LogP contribution is 2.39. The van der Waals surface area contributed by atoms with E-state index in [4.69, 9.17) is 0 Å². The van der Waals surface area contributed by atoms with Gasteiger partial charge in [-0.2, -0.15) is 9.98 Å². The van der Waals surface area contributed by atoms with Crippen molar-refractivity contribution in [3.8, 4) is 11.1 Å². The molecule has 4 heteroatoms. The van der Waals surface area contributed by atoms with Crippen molar-refractivity contribution in [3.05, 3.63) is 47.5 Å². The summed E-state index contributed by atoms with van der Waals surface area (Å²) >= 11 is 0. The van der Waals surface area contributed by atoms with Crippen molar-refractivity contribution in [1.82, 2.24) is 0 Å². The van der Waals surface area contributed by atoms with Gasteiger partial charge < -0.3 is 0 Å². The van der Waals surface area contributed by atoms with Crippen molar-refractivity contribution in [2.75, 3.05) is 0 Å². The van der Waals surface area contributed by atoms with Gasteiger partial charge in [0, 0.05) is 0 Å². The van der Waals surface area contributed by atoms with Crippen LogP contribution in [0.2, 0.25) is 0 Å². The molecule has 0 saturated heterocycles. The summed E-state index contributed by atoms with van der Waals surface area (Å²) in [5, 5.41) is 0. The Balaban J connectivity index is 2.79.